The summed E-state index contributed by atoms with van der Waals surface area (Å²) in [4.78, 5) is 20.9. The molecule has 1 fully saturated rings. The Kier molecular flexibility index (Phi) is 5.73. The van der Waals surface area contributed by atoms with Crippen LogP contribution in [0.4, 0.5) is 0 Å². The van der Waals surface area contributed by atoms with Gasteiger partial charge >= 0.3 is 0 Å². The van der Waals surface area contributed by atoms with Gasteiger partial charge in [-0.1, -0.05) is 39.6 Å². The first kappa shape index (κ1) is 19.7. The molecule has 0 atom stereocenters. The minimum atomic E-state index is -0.247. The molecule has 1 amide bonds. The summed E-state index contributed by atoms with van der Waals surface area (Å²) in [5.74, 6) is 0.855. The molecule has 1 aromatic carbocycles. The molecule has 3 aromatic rings. The quantitative estimate of drug-likeness (QED) is 0.544. The summed E-state index contributed by atoms with van der Waals surface area (Å²) in [7, 11) is 1.59. The average molecular weight is 457 g/mol. The lowest BCUT2D eigenvalue weighted by Gasteiger charge is -2.39. The van der Waals surface area contributed by atoms with Crippen molar-refractivity contribution in [1.29, 1.82) is 0 Å². The second-order valence-corrected chi connectivity index (χ2v) is 7.96. The molecule has 150 valence electrons. The Morgan fingerprint density at radius 1 is 1.24 bits per heavy atom. The fraction of sp³-hybridized carbons (Fsp3) is 0.333. The zero-order chi connectivity index (χ0) is 20.3. The molecule has 1 aliphatic rings. The van der Waals surface area contributed by atoms with E-state index in [-0.39, 0.29) is 11.3 Å². The van der Waals surface area contributed by atoms with Crippen molar-refractivity contribution in [3.63, 3.8) is 0 Å². The number of aromatic nitrogens is 3. The minimum Gasteiger partial charge on any atom is -0.383 e. The van der Waals surface area contributed by atoms with Gasteiger partial charge in [0.15, 0.2) is 5.82 Å². The maximum absolute atomic E-state index is 12.0. The maximum Gasteiger partial charge on any atom is 0.269 e. The molecule has 1 saturated carbocycles. The van der Waals surface area contributed by atoms with E-state index in [1.165, 1.54) is 5.56 Å². The average Bonchev–Trinajstić information content (AvgIpc) is 3.19. The van der Waals surface area contributed by atoms with Gasteiger partial charge in [-0.2, -0.15) is 4.98 Å². The lowest BCUT2D eigenvalue weighted by Crippen LogP contribution is -2.36. The van der Waals surface area contributed by atoms with Crippen LogP contribution in [0.25, 0.3) is 11.5 Å². The van der Waals surface area contributed by atoms with Crippen molar-refractivity contribution < 1.29 is 14.1 Å². The van der Waals surface area contributed by atoms with Crippen molar-refractivity contribution in [2.24, 2.45) is 0 Å². The molecule has 1 N–H and O–H groups in total. The van der Waals surface area contributed by atoms with Crippen LogP contribution >= 0.6 is 15.9 Å². The lowest BCUT2D eigenvalue weighted by molar-refractivity contribution is 0.0932. The number of hydrogen-bond donors (Lipinski definition) is 1. The molecule has 0 radical (unpaired) electrons. The number of methoxy groups -OCH3 is 1. The highest BCUT2D eigenvalue weighted by Gasteiger charge is 2.44. The van der Waals surface area contributed by atoms with Crippen LogP contribution in [0, 0.1) is 0 Å². The number of amides is 1. The highest BCUT2D eigenvalue weighted by Crippen LogP contribution is 2.48. The third-order valence-corrected chi connectivity index (χ3v) is 5.82. The zero-order valence-electron chi connectivity index (χ0n) is 16.0. The van der Waals surface area contributed by atoms with E-state index in [2.05, 4.69) is 48.5 Å². The predicted molar refractivity (Wildman–Crippen MR) is 111 cm³/mol. The molecule has 0 unspecified atom stereocenters. The number of benzene rings is 1. The molecule has 29 heavy (non-hydrogen) atoms. The summed E-state index contributed by atoms with van der Waals surface area (Å²) in [6.07, 6.45) is 4.70. The molecule has 0 saturated heterocycles. The topological polar surface area (TPSA) is 90.1 Å². The highest BCUT2D eigenvalue weighted by molar-refractivity contribution is 9.10. The summed E-state index contributed by atoms with van der Waals surface area (Å²) >= 11 is 3.49. The number of halogens is 1. The van der Waals surface area contributed by atoms with E-state index in [9.17, 15) is 4.79 Å². The zero-order valence-corrected chi connectivity index (χ0v) is 17.6. The summed E-state index contributed by atoms with van der Waals surface area (Å²) in [6, 6.07) is 11.7. The van der Waals surface area contributed by atoms with E-state index in [4.69, 9.17) is 9.26 Å². The Morgan fingerprint density at radius 3 is 2.66 bits per heavy atom. The maximum atomic E-state index is 12.0. The van der Waals surface area contributed by atoms with Crippen LogP contribution in [-0.2, 0) is 10.2 Å². The van der Waals surface area contributed by atoms with Gasteiger partial charge in [0.2, 0.25) is 0 Å². The SMILES string of the molecule is COCCNC(=O)c1ccc(-c2nc(C3(c4ccc(Br)cc4)CCC3)no2)cn1. The molecule has 1 aliphatic carbocycles. The Labute approximate surface area is 177 Å². The molecule has 0 aliphatic heterocycles. The second-order valence-electron chi connectivity index (χ2n) is 7.05. The Balaban J connectivity index is 1.53. The fourth-order valence-electron chi connectivity index (χ4n) is 3.49. The van der Waals surface area contributed by atoms with E-state index >= 15 is 0 Å². The Morgan fingerprint density at radius 2 is 2.03 bits per heavy atom. The van der Waals surface area contributed by atoms with Gasteiger partial charge < -0.3 is 14.6 Å². The summed E-state index contributed by atoms with van der Waals surface area (Å²) < 4.78 is 11.5. The number of hydrogen-bond acceptors (Lipinski definition) is 6. The van der Waals surface area contributed by atoms with Gasteiger partial charge in [0, 0.05) is 24.3 Å². The minimum absolute atomic E-state index is 0.197. The second kappa shape index (κ2) is 8.42. The lowest BCUT2D eigenvalue weighted by atomic mass is 9.64. The Hall–Kier alpha value is -2.58. The van der Waals surface area contributed by atoms with E-state index in [1.54, 1.807) is 25.4 Å². The van der Waals surface area contributed by atoms with Crippen molar-refractivity contribution in [1.82, 2.24) is 20.4 Å². The number of carbonyl (C=O) groups excluding carboxylic acids is 1. The van der Waals surface area contributed by atoms with Gasteiger partial charge in [-0.25, -0.2) is 0 Å². The predicted octanol–water partition coefficient (Wildman–Crippen LogP) is 3.74. The smallest absolute Gasteiger partial charge is 0.269 e. The van der Waals surface area contributed by atoms with Crippen LogP contribution in [0.3, 0.4) is 0 Å². The molecule has 8 heteroatoms. The number of ether oxygens (including phenoxy) is 1. The van der Waals surface area contributed by atoms with Gasteiger partial charge in [-0.05, 0) is 42.7 Å². The summed E-state index contributed by atoms with van der Waals surface area (Å²) in [6.45, 7) is 0.888. The van der Waals surface area contributed by atoms with E-state index in [1.807, 2.05) is 12.1 Å². The summed E-state index contributed by atoms with van der Waals surface area (Å²) in [5, 5.41) is 7.01. The first-order chi connectivity index (χ1) is 14.1. The van der Waals surface area contributed by atoms with Crippen LogP contribution in [-0.4, -0.2) is 41.3 Å². The number of pyridine rings is 1. The normalized spacial score (nSPS) is 15.0. The monoisotopic (exact) mass is 456 g/mol. The molecular formula is C21H21BrN4O3. The number of carbonyl (C=O) groups is 1. The van der Waals surface area contributed by atoms with Gasteiger partial charge in [-0.3, -0.25) is 9.78 Å². The van der Waals surface area contributed by atoms with E-state index < -0.39 is 0 Å². The molecule has 4 rings (SSSR count). The van der Waals surface area contributed by atoms with Gasteiger partial charge in [0.05, 0.1) is 17.6 Å². The summed E-state index contributed by atoms with van der Waals surface area (Å²) in [5.41, 5.74) is 2.01. The molecule has 2 heterocycles. The molecular weight excluding hydrogens is 436 g/mol. The first-order valence-electron chi connectivity index (χ1n) is 9.46. The third kappa shape index (κ3) is 3.95. The van der Waals surface area contributed by atoms with Crippen LogP contribution in [0.15, 0.2) is 51.6 Å². The van der Waals surface area contributed by atoms with E-state index in [0.717, 1.165) is 23.7 Å². The standard InChI is InChI=1S/C21H21BrN4O3/c1-28-12-11-23-18(27)17-8-3-14(13-24-17)19-25-20(26-29-19)21(9-2-10-21)15-4-6-16(22)7-5-15/h3-8,13H,2,9-12H2,1H3,(H,23,27). The van der Waals surface area contributed by atoms with Gasteiger partial charge in [0.25, 0.3) is 11.8 Å². The number of nitrogens with zero attached hydrogens (tertiary/aromatic N) is 3. The van der Waals surface area contributed by atoms with Crippen LogP contribution in [0.1, 0.15) is 41.1 Å². The molecule has 7 nitrogen and oxygen atoms in total. The highest BCUT2D eigenvalue weighted by atomic mass is 79.9. The largest absolute Gasteiger partial charge is 0.383 e. The fourth-order valence-corrected chi connectivity index (χ4v) is 3.75. The number of rotatable bonds is 7. The van der Waals surface area contributed by atoms with E-state index in [0.29, 0.717) is 36.1 Å². The van der Waals surface area contributed by atoms with Crippen molar-refractivity contribution in [3.05, 3.63) is 64.1 Å². The van der Waals surface area contributed by atoms with Crippen molar-refractivity contribution >= 4 is 21.8 Å². The first-order valence-corrected chi connectivity index (χ1v) is 10.3. The van der Waals surface area contributed by atoms with Crippen LogP contribution in [0.5, 0.6) is 0 Å². The van der Waals surface area contributed by atoms with Gasteiger partial charge in [0.1, 0.15) is 5.69 Å². The Bertz CT molecular complexity index is 982. The molecule has 0 bridgehead atoms. The van der Waals surface area contributed by atoms with Crippen LogP contribution < -0.4 is 5.32 Å². The van der Waals surface area contributed by atoms with Crippen molar-refractivity contribution in [2.75, 3.05) is 20.3 Å². The van der Waals surface area contributed by atoms with Crippen LogP contribution in [0.2, 0.25) is 0 Å². The molecule has 2 aromatic heterocycles. The molecule has 0 spiro atoms. The van der Waals surface area contributed by atoms with Gasteiger partial charge in [-0.15, -0.1) is 0 Å². The third-order valence-electron chi connectivity index (χ3n) is 5.29. The van der Waals surface area contributed by atoms with Crippen molar-refractivity contribution in [2.45, 2.75) is 24.7 Å². The van der Waals surface area contributed by atoms with Crippen molar-refractivity contribution in [3.8, 4) is 11.5 Å². The number of nitrogens with one attached hydrogen (secondary N) is 1.